The molecule has 1 aromatic rings. The highest BCUT2D eigenvalue weighted by Gasteiger charge is 2.15. The highest BCUT2D eigenvalue weighted by molar-refractivity contribution is 9.10. The molecule has 0 saturated carbocycles. The average Bonchev–Trinajstić information content (AvgIpc) is 2.31. The number of halogens is 2. The van der Waals surface area contributed by atoms with E-state index in [1.54, 1.807) is 6.92 Å². The topological polar surface area (TPSA) is 95.5 Å². The first-order valence-electron chi connectivity index (χ1n) is 6.05. The number of nitrogens with one attached hydrogen (secondary N) is 2. The molecule has 0 fully saturated rings. The SMILES string of the molecule is CC(CC(=O)O)CC(=O)NC(=O)Nc1ccc(Br)cc1F. The van der Waals surface area contributed by atoms with Crippen LogP contribution in [0.15, 0.2) is 22.7 Å². The lowest BCUT2D eigenvalue weighted by molar-refractivity contribution is -0.138. The molecule has 0 aliphatic rings. The minimum absolute atomic E-state index is 0.0675. The molecule has 0 radical (unpaired) electrons. The first kappa shape index (κ1) is 17.1. The number of benzene rings is 1. The lowest BCUT2D eigenvalue weighted by Crippen LogP contribution is -2.35. The summed E-state index contributed by atoms with van der Waals surface area (Å²) in [4.78, 5) is 33.5. The van der Waals surface area contributed by atoms with Gasteiger partial charge < -0.3 is 10.4 Å². The number of carboxylic acid groups (broad SMARTS) is 1. The number of carboxylic acids is 1. The zero-order chi connectivity index (χ0) is 16.0. The van der Waals surface area contributed by atoms with Gasteiger partial charge in [-0.05, 0) is 24.1 Å². The van der Waals surface area contributed by atoms with Crippen LogP contribution in [-0.4, -0.2) is 23.0 Å². The minimum Gasteiger partial charge on any atom is -0.481 e. The van der Waals surface area contributed by atoms with E-state index < -0.39 is 29.6 Å². The number of anilines is 1. The number of imide groups is 1. The molecule has 0 bridgehead atoms. The number of carbonyl (C=O) groups is 3. The number of rotatable bonds is 5. The van der Waals surface area contributed by atoms with Crippen molar-refractivity contribution in [3.05, 3.63) is 28.5 Å². The number of urea groups is 1. The fourth-order valence-corrected chi connectivity index (χ4v) is 1.94. The molecule has 21 heavy (non-hydrogen) atoms. The third-order valence-corrected chi connectivity index (χ3v) is 2.98. The Labute approximate surface area is 128 Å². The molecule has 0 aromatic heterocycles. The molecule has 3 amide bonds. The summed E-state index contributed by atoms with van der Waals surface area (Å²) in [7, 11) is 0. The fourth-order valence-electron chi connectivity index (χ4n) is 1.61. The Morgan fingerprint density at radius 1 is 1.33 bits per heavy atom. The highest BCUT2D eigenvalue weighted by Crippen LogP contribution is 2.19. The molecule has 8 heteroatoms. The van der Waals surface area contributed by atoms with Crippen LogP contribution in [0.2, 0.25) is 0 Å². The van der Waals surface area contributed by atoms with Crippen LogP contribution >= 0.6 is 15.9 Å². The van der Waals surface area contributed by atoms with E-state index in [1.165, 1.54) is 18.2 Å². The van der Waals surface area contributed by atoms with E-state index >= 15 is 0 Å². The van der Waals surface area contributed by atoms with Crippen LogP contribution in [0, 0.1) is 11.7 Å². The van der Waals surface area contributed by atoms with Crippen LogP contribution in [-0.2, 0) is 9.59 Å². The van der Waals surface area contributed by atoms with E-state index in [9.17, 15) is 18.8 Å². The van der Waals surface area contributed by atoms with Gasteiger partial charge in [0.2, 0.25) is 5.91 Å². The molecule has 1 rings (SSSR count). The van der Waals surface area contributed by atoms with E-state index in [-0.39, 0.29) is 18.5 Å². The second-order valence-corrected chi connectivity index (χ2v) is 5.45. The van der Waals surface area contributed by atoms with Crippen molar-refractivity contribution in [2.45, 2.75) is 19.8 Å². The normalized spacial score (nSPS) is 11.6. The van der Waals surface area contributed by atoms with E-state index in [1.807, 2.05) is 5.32 Å². The van der Waals surface area contributed by atoms with Crippen molar-refractivity contribution in [2.75, 3.05) is 5.32 Å². The highest BCUT2D eigenvalue weighted by atomic mass is 79.9. The third-order valence-electron chi connectivity index (χ3n) is 2.49. The van der Waals surface area contributed by atoms with E-state index in [2.05, 4.69) is 21.2 Å². The molecule has 1 unspecified atom stereocenters. The first-order valence-corrected chi connectivity index (χ1v) is 6.85. The summed E-state index contributed by atoms with van der Waals surface area (Å²) in [6, 6.07) is 3.18. The Hall–Kier alpha value is -1.96. The molecule has 1 aromatic carbocycles. The fraction of sp³-hybridized carbons (Fsp3) is 0.308. The van der Waals surface area contributed by atoms with Crippen LogP contribution in [0.3, 0.4) is 0 Å². The van der Waals surface area contributed by atoms with Gasteiger partial charge in [0, 0.05) is 17.3 Å². The molecule has 6 nitrogen and oxygen atoms in total. The zero-order valence-corrected chi connectivity index (χ0v) is 12.7. The van der Waals surface area contributed by atoms with E-state index in [0.29, 0.717) is 4.47 Å². The van der Waals surface area contributed by atoms with Gasteiger partial charge in [0.15, 0.2) is 0 Å². The second kappa shape index (κ2) is 7.72. The Bertz CT molecular complexity index is 565. The molecule has 0 aliphatic heterocycles. The van der Waals surface area contributed by atoms with Gasteiger partial charge >= 0.3 is 12.0 Å². The maximum atomic E-state index is 13.5. The second-order valence-electron chi connectivity index (χ2n) is 4.53. The van der Waals surface area contributed by atoms with E-state index in [0.717, 1.165) is 0 Å². The Kier molecular flexibility index (Phi) is 6.29. The Balaban J connectivity index is 2.49. The maximum absolute atomic E-state index is 13.5. The van der Waals surface area contributed by atoms with Gasteiger partial charge in [-0.15, -0.1) is 0 Å². The third kappa shape index (κ3) is 6.35. The summed E-state index contributed by atoms with van der Waals surface area (Å²) < 4.78 is 14.0. The molecule has 1 atom stereocenters. The molecular weight excluding hydrogens is 347 g/mol. The van der Waals surface area contributed by atoms with Gasteiger partial charge in [-0.25, -0.2) is 9.18 Å². The zero-order valence-electron chi connectivity index (χ0n) is 11.2. The Morgan fingerprint density at radius 2 is 2.00 bits per heavy atom. The number of hydrogen-bond acceptors (Lipinski definition) is 3. The lowest BCUT2D eigenvalue weighted by Gasteiger charge is -2.10. The number of hydrogen-bond donors (Lipinski definition) is 3. The summed E-state index contributed by atoms with van der Waals surface area (Å²) in [6.45, 7) is 1.58. The van der Waals surface area contributed by atoms with Gasteiger partial charge in [-0.3, -0.25) is 14.9 Å². The average molecular weight is 361 g/mol. The first-order chi connectivity index (χ1) is 9.77. The van der Waals surface area contributed by atoms with Crippen LogP contribution in [0.5, 0.6) is 0 Å². The van der Waals surface area contributed by atoms with Crippen LogP contribution < -0.4 is 10.6 Å². The Morgan fingerprint density at radius 3 is 2.57 bits per heavy atom. The summed E-state index contributed by atoms with van der Waals surface area (Å²) in [5.74, 6) is -2.69. The summed E-state index contributed by atoms with van der Waals surface area (Å²) in [5, 5.41) is 12.8. The van der Waals surface area contributed by atoms with Gasteiger partial charge in [-0.1, -0.05) is 22.9 Å². The summed E-state index contributed by atoms with van der Waals surface area (Å²) >= 11 is 3.08. The molecule has 0 heterocycles. The van der Waals surface area contributed by atoms with Crippen LogP contribution in [0.25, 0.3) is 0 Å². The predicted molar refractivity (Wildman–Crippen MR) is 77.3 cm³/mol. The van der Waals surface area contributed by atoms with Gasteiger partial charge in [0.25, 0.3) is 0 Å². The smallest absolute Gasteiger partial charge is 0.325 e. The molecule has 0 saturated heterocycles. The molecule has 0 spiro atoms. The van der Waals surface area contributed by atoms with Crippen LogP contribution in [0.4, 0.5) is 14.9 Å². The largest absolute Gasteiger partial charge is 0.481 e. The molecule has 114 valence electrons. The monoisotopic (exact) mass is 360 g/mol. The van der Waals surface area contributed by atoms with Crippen LogP contribution in [0.1, 0.15) is 19.8 Å². The van der Waals surface area contributed by atoms with Crippen molar-refractivity contribution >= 4 is 39.5 Å². The van der Waals surface area contributed by atoms with Crippen molar-refractivity contribution in [3.63, 3.8) is 0 Å². The summed E-state index contributed by atoms with van der Waals surface area (Å²) in [5.41, 5.74) is -0.0675. The minimum atomic E-state index is -1.02. The van der Waals surface area contributed by atoms with Crippen molar-refractivity contribution < 1.29 is 23.9 Å². The van der Waals surface area contributed by atoms with Gasteiger partial charge in [-0.2, -0.15) is 0 Å². The van der Waals surface area contributed by atoms with Crippen molar-refractivity contribution in [3.8, 4) is 0 Å². The van der Waals surface area contributed by atoms with Gasteiger partial charge in [0.1, 0.15) is 5.82 Å². The predicted octanol–water partition coefficient (Wildman–Crippen LogP) is 2.74. The number of amides is 3. The van der Waals surface area contributed by atoms with Crippen molar-refractivity contribution in [1.29, 1.82) is 0 Å². The number of aliphatic carboxylic acids is 1. The standard InChI is InChI=1S/C13H14BrFN2O4/c1-7(5-12(19)20)4-11(18)17-13(21)16-10-3-2-8(14)6-9(10)15/h2-3,6-7H,4-5H2,1H3,(H,19,20)(H2,16,17,18,21). The molecular formula is C13H14BrFN2O4. The quantitative estimate of drug-likeness (QED) is 0.752. The van der Waals surface area contributed by atoms with Crippen molar-refractivity contribution in [2.24, 2.45) is 5.92 Å². The number of carbonyl (C=O) groups excluding carboxylic acids is 2. The lowest BCUT2D eigenvalue weighted by atomic mass is 10.0. The van der Waals surface area contributed by atoms with E-state index in [4.69, 9.17) is 5.11 Å². The van der Waals surface area contributed by atoms with Crippen molar-refractivity contribution in [1.82, 2.24) is 5.32 Å². The van der Waals surface area contributed by atoms with Gasteiger partial charge in [0.05, 0.1) is 5.69 Å². The maximum Gasteiger partial charge on any atom is 0.325 e. The molecule has 0 aliphatic carbocycles. The summed E-state index contributed by atoms with van der Waals surface area (Å²) in [6.07, 6.45) is -0.279. The molecule has 3 N–H and O–H groups in total.